The molecule has 5 aromatic rings. The zero-order chi connectivity index (χ0) is 22.8. The molecule has 6 nitrogen and oxygen atoms in total. The van der Waals surface area contributed by atoms with Crippen molar-refractivity contribution in [3.8, 4) is 28.4 Å². The molecule has 0 saturated carbocycles. The van der Waals surface area contributed by atoms with Crippen LogP contribution in [0.25, 0.3) is 28.4 Å². The van der Waals surface area contributed by atoms with Gasteiger partial charge in [0.2, 0.25) is 5.89 Å². The van der Waals surface area contributed by atoms with Crippen molar-refractivity contribution in [2.24, 2.45) is 0 Å². The second kappa shape index (κ2) is 9.35. The van der Waals surface area contributed by atoms with Crippen LogP contribution in [0.4, 0.5) is 4.39 Å². The summed E-state index contributed by atoms with van der Waals surface area (Å²) in [6, 6.07) is 15.1. The van der Waals surface area contributed by atoms with Crippen molar-refractivity contribution in [3.05, 3.63) is 94.9 Å². The fraction of sp³-hybridized carbons (Fsp3) is 0.0435. The smallest absolute Gasteiger partial charge is 0.205 e. The van der Waals surface area contributed by atoms with Crippen LogP contribution in [0.2, 0.25) is 10.0 Å². The van der Waals surface area contributed by atoms with Crippen LogP contribution in [-0.4, -0.2) is 24.7 Å². The molecule has 0 aliphatic heterocycles. The van der Waals surface area contributed by atoms with Gasteiger partial charge >= 0.3 is 0 Å². The zero-order valence-electron chi connectivity index (χ0n) is 16.8. The highest BCUT2D eigenvalue weighted by atomic mass is 35.5. The van der Waals surface area contributed by atoms with Crippen LogP contribution in [0.3, 0.4) is 0 Å². The molecule has 10 heteroatoms. The minimum atomic E-state index is -0.305. The number of thioether (sulfide) groups is 1. The van der Waals surface area contributed by atoms with E-state index in [-0.39, 0.29) is 5.82 Å². The number of aromatic nitrogens is 5. The van der Waals surface area contributed by atoms with Gasteiger partial charge in [0.05, 0.1) is 27.7 Å². The Kier molecular flexibility index (Phi) is 6.13. The average molecular weight is 498 g/mol. The minimum absolute atomic E-state index is 0.305. The van der Waals surface area contributed by atoms with Gasteiger partial charge in [0, 0.05) is 23.5 Å². The minimum Gasteiger partial charge on any atom is -0.440 e. The lowest BCUT2D eigenvalue weighted by Crippen LogP contribution is -2.00. The lowest BCUT2D eigenvalue weighted by molar-refractivity contribution is 0.529. The number of hydrogen-bond acceptors (Lipinski definition) is 6. The van der Waals surface area contributed by atoms with E-state index in [0.717, 1.165) is 16.8 Å². The van der Waals surface area contributed by atoms with Gasteiger partial charge < -0.3 is 4.42 Å². The Morgan fingerprint density at radius 2 is 1.79 bits per heavy atom. The first-order valence-corrected chi connectivity index (χ1v) is 11.5. The molecule has 0 atom stereocenters. The Bertz CT molecular complexity index is 1410. The first kappa shape index (κ1) is 21.6. The molecule has 0 spiro atoms. The quantitative estimate of drug-likeness (QED) is 0.242. The maximum Gasteiger partial charge on any atom is 0.205 e. The number of pyridine rings is 1. The van der Waals surface area contributed by atoms with Crippen molar-refractivity contribution in [2.75, 3.05) is 0 Å². The molecule has 2 aromatic carbocycles. The van der Waals surface area contributed by atoms with Gasteiger partial charge in [0.25, 0.3) is 0 Å². The van der Waals surface area contributed by atoms with Crippen molar-refractivity contribution < 1.29 is 8.81 Å². The lowest BCUT2D eigenvalue weighted by atomic mass is 10.2. The zero-order valence-corrected chi connectivity index (χ0v) is 19.2. The number of rotatable bonds is 6. The monoisotopic (exact) mass is 497 g/mol. The van der Waals surface area contributed by atoms with Crippen molar-refractivity contribution in [1.82, 2.24) is 24.7 Å². The van der Waals surface area contributed by atoms with E-state index in [1.54, 1.807) is 42.9 Å². The van der Waals surface area contributed by atoms with E-state index in [9.17, 15) is 4.39 Å². The fourth-order valence-electron chi connectivity index (χ4n) is 3.15. The molecule has 0 bridgehead atoms. The Hall–Kier alpha value is -3.20. The summed E-state index contributed by atoms with van der Waals surface area (Å²) in [6.45, 7) is 0. The molecule has 0 saturated heterocycles. The second-order valence-electron chi connectivity index (χ2n) is 6.90. The van der Waals surface area contributed by atoms with Crippen LogP contribution in [0, 0.1) is 5.82 Å². The third-order valence-electron chi connectivity index (χ3n) is 4.72. The van der Waals surface area contributed by atoms with Gasteiger partial charge in [-0.3, -0.25) is 9.55 Å². The summed E-state index contributed by atoms with van der Waals surface area (Å²) in [6.07, 6.45) is 5.03. The van der Waals surface area contributed by atoms with Crippen molar-refractivity contribution in [3.63, 3.8) is 0 Å². The summed E-state index contributed by atoms with van der Waals surface area (Å²) >= 11 is 13.8. The summed E-state index contributed by atoms with van der Waals surface area (Å²) in [4.78, 5) is 8.52. The molecule has 33 heavy (non-hydrogen) atoms. The van der Waals surface area contributed by atoms with Crippen molar-refractivity contribution in [2.45, 2.75) is 10.9 Å². The van der Waals surface area contributed by atoms with Crippen LogP contribution >= 0.6 is 35.0 Å². The normalized spacial score (nSPS) is 11.1. The van der Waals surface area contributed by atoms with Crippen LogP contribution in [0.1, 0.15) is 5.89 Å². The van der Waals surface area contributed by atoms with E-state index < -0.39 is 0 Å². The van der Waals surface area contributed by atoms with Gasteiger partial charge in [-0.1, -0.05) is 35.0 Å². The van der Waals surface area contributed by atoms with Crippen LogP contribution in [0.15, 0.2) is 82.8 Å². The van der Waals surface area contributed by atoms with E-state index >= 15 is 0 Å². The van der Waals surface area contributed by atoms with E-state index in [2.05, 4.69) is 20.2 Å². The molecule has 3 heterocycles. The highest BCUT2D eigenvalue weighted by Gasteiger charge is 2.18. The summed E-state index contributed by atoms with van der Waals surface area (Å²) in [5, 5.41) is 10.2. The summed E-state index contributed by atoms with van der Waals surface area (Å²) in [5.74, 6) is 1.79. The molecular weight excluding hydrogens is 484 g/mol. The van der Waals surface area contributed by atoms with Crippen LogP contribution < -0.4 is 0 Å². The molecular formula is C23H14Cl2FN5OS. The van der Waals surface area contributed by atoms with Crippen molar-refractivity contribution in [1.29, 1.82) is 0 Å². The largest absolute Gasteiger partial charge is 0.440 e. The standard InChI is InChI=1S/C23H14Cl2FN5OS/c24-18-8-7-17(10-19(18)25)31-22(15-2-1-9-27-11-15)29-30-23(31)33-13-21-28-12-20(32-21)14-3-5-16(26)6-4-14/h1-12H,13H2. The first-order chi connectivity index (χ1) is 16.1. The van der Waals surface area contributed by atoms with Gasteiger partial charge in [0.15, 0.2) is 16.7 Å². The number of halogens is 3. The predicted molar refractivity (Wildman–Crippen MR) is 126 cm³/mol. The van der Waals surface area contributed by atoms with E-state index in [1.807, 2.05) is 22.8 Å². The Balaban J connectivity index is 1.45. The molecule has 0 amide bonds. The predicted octanol–water partition coefficient (Wildman–Crippen LogP) is 6.72. The van der Waals surface area contributed by atoms with Crippen LogP contribution in [0.5, 0.6) is 0 Å². The highest BCUT2D eigenvalue weighted by Crippen LogP contribution is 2.32. The van der Waals surface area contributed by atoms with Gasteiger partial charge in [-0.25, -0.2) is 9.37 Å². The lowest BCUT2D eigenvalue weighted by Gasteiger charge is -2.11. The Morgan fingerprint density at radius 3 is 2.55 bits per heavy atom. The molecule has 0 aliphatic carbocycles. The number of nitrogens with zero attached hydrogens (tertiary/aromatic N) is 5. The molecule has 0 aliphatic rings. The number of hydrogen-bond donors (Lipinski definition) is 0. The number of benzene rings is 2. The first-order valence-electron chi connectivity index (χ1n) is 9.73. The summed E-state index contributed by atoms with van der Waals surface area (Å²) < 4.78 is 20.9. The molecule has 164 valence electrons. The Labute approximate surface area is 202 Å². The van der Waals surface area contributed by atoms with Gasteiger partial charge in [-0.2, -0.15) is 0 Å². The third kappa shape index (κ3) is 4.64. The fourth-order valence-corrected chi connectivity index (χ4v) is 4.25. The van der Waals surface area contributed by atoms with Crippen molar-refractivity contribution >= 4 is 35.0 Å². The van der Waals surface area contributed by atoms with E-state index in [1.165, 1.54) is 23.9 Å². The maximum absolute atomic E-state index is 13.2. The molecule has 5 rings (SSSR count). The van der Waals surface area contributed by atoms with E-state index in [4.69, 9.17) is 27.6 Å². The molecule has 3 aromatic heterocycles. The van der Waals surface area contributed by atoms with Crippen LogP contribution in [-0.2, 0) is 5.75 Å². The highest BCUT2D eigenvalue weighted by molar-refractivity contribution is 7.98. The van der Waals surface area contributed by atoms with Gasteiger partial charge in [0.1, 0.15) is 5.82 Å². The third-order valence-corrected chi connectivity index (χ3v) is 6.37. The molecule has 0 radical (unpaired) electrons. The molecule has 0 fully saturated rings. The van der Waals surface area contributed by atoms with Gasteiger partial charge in [-0.15, -0.1) is 10.2 Å². The second-order valence-corrected chi connectivity index (χ2v) is 8.65. The van der Waals surface area contributed by atoms with Gasteiger partial charge in [-0.05, 0) is 54.6 Å². The maximum atomic E-state index is 13.2. The molecule has 0 unspecified atom stereocenters. The SMILES string of the molecule is Fc1ccc(-c2cnc(CSc3nnc(-c4cccnc4)n3-c3ccc(Cl)c(Cl)c3)o2)cc1. The Morgan fingerprint density at radius 1 is 0.939 bits per heavy atom. The summed E-state index contributed by atoms with van der Waals surface area (Å²) in [5.41, 5.74) is 2.31. The average Bonchev–Trinajstić information content (AvgIpc) is 3.48. The topological polar surface area (TPSA) is 69.6 Å². The summed E-state index contributed by atoms with van der Waals surface area (Å²) in [7, 11) is 0. The van der Waals surface area contributed by atoms with E-state index in [0.29, 0.717) is 38.4 Å². The molecule has 0 N–H and O–H groups in total. The number of oxazole rings is 1.